The van der Waals surface area contributed by atoms with Crippen molar-refractivity contribution >= 4 is 27.6 Å². The Bertz CT molecular complexity index is 1170. The summed E-state index contributed by atoms with van der Waals surface area (Å²) in [6.07, 6.45) is 8.82. The third-order valence-electron chi connectivity index (χ3n) is 7.23. The highest BCUT2D eigenvalue weighted by Gasteiger charge is 2.41. The molecule has 0 spiro atoms. The maximum absolute atomic E-state index is 15.2. The first kappa shape index (κ1) is 25.4. The van der Waals surface area contributed by atoms with Crippen LogP contribution in [-0.4, -0.2) is 71.6 Å². The molecule has 2 aliphatic heterocycles. The van der Waals surface area contributed by atoms with E-state index in [1.807, 2.05) is 25.2 Å². The minimum atomic E-state index is -3.67. The molecule has 1 aromatic rings. The molecule has 0 saturated carbocycles. The number of anilines is 1. The highest BCUT2D eigenvalue weighted by Crippen LogP contribution is 2.34. The summed E-state index contributed by atoms with van der Waals surface area (Å²) in [6, 6.07) is 3.19. The second-order valence-corrected chi connectivity index (χ2v) is 11.5. The molecule has 10 heteroatoms. The summed E-state index contributed by atoms with van der Waals surface area (Å²) < 4.78 is 43.6. The Morgan fingerprint density at radius 3 is 2.57 bits per heavy atom. The minimum Gasteiger partial charge on any atom is -0.480 e. The van der Waals surface area contributed by atoms with Crippen LogP contribution in [0.15, 0.2) is 42.0 Å². The zero-order valence-corrected chi connectivity index (χ0v) is 20.9. The van der Waals surface area contributed by atoms with E-state index in [2.05, 4.69) is 0 Å². The molecule has 3 atom stereocenters. The van der Waals surface area contributed by atoms with E-state index >= 15 is 4.39 Å². The number of hydrogen-bond acceptors (Lipinski definition) is 5. The molecule has 1 amide bonds. The molecular weight excluding hydrogens is 473 g/mol. The predicted octanol–water partition coefficient (Wildman–Crippen LogP) is 2.91. The van der Waals surface area contributed by atoms with Gasteiger partial charge in [0.05, 0.1) is 6.54 Å². The summed E-state index contributed by atoms with van der Waals surface area (Å²) in [5.74, 6) is -1.88. The number of allylic oxidation sites excluding steroid dienone is 3. The third-order valence-corrected chi connectivity index (χ3v) is 9.60. The second-order valence-electron chi connectivity index (χ2n) is 9.48. The lowest BCUT2D eigenvalue weighted by Gasteiger charge is -2.40. The maximum Gasteiger partial charge on any atom is 0.328 e. The van der Waals surface area contributed by atoms with Crippen LogP contribution < -0.4 is 4.90 Å². The van der Waals surface area contributed by atoms with Crippen molar-refractivity contribution in [2.75, 3.05) is 24.5 Å². The Hall–Kier alpha value is -2.72. The van der Waals surface area contributed by atoms with Crippen molar-refractivity contribution in [3.05, 3.63) is 53.4 Å². The average molecular weight is 506 g/mol. The molecule has 0 radical (unpaired) electrons. The molecule has 2 fully saturated rings. The van der Waals surface area contributed by atoms with Gasteiger partial charge < -0.3 is 14.9 Å². The Labute approximate surface area is 205 Å². The van der Waals surface area contributed by atoms with Crippen LogP contribution >= 0.6 is 0 Å². The number of nitrogens with zero attached hydrogens (tertiary/aromatic N) is 3. The standard InChI is InChI=1S/C25H32FN3O5S/c1-17-8-11-24(19-6-4-3-5-7-19)35(33,34)29(17)15-20-9-10-21(14-22(20)26)28-13-12-27(18(2)30)16-23(28)25(31)32/h4,6-7,9-10,14,17,23-24H,3,5,8,11-13,15-16H2,1-2H3,(H,31,32)/t17-,23+,24?/m0/s1. The number of piperazine rings is 1. The highest BCUT2D eigenvalue weighted by molar-refractivity contribution is 7.90. The van der Waals surface area contributed by atoms with E-state index in [0.29, 0.717) is 25.1 Å². The Balaban J connectivity index is 1.55. The topological polar surface area (TPSA) is 98.2 Å². The van der Waals surface area contributed by atoms with Gasteiger partial charge in [-0.05, 0) is 50.3 Å². The maximum atomic E-state index is 15.2. The van der Waals surface area contributed by atoms with Gasteiger partial charge in [0.2, 0.25) is 15.9 Å². The normalized spacial score (nSPS) is 26.9. The number of aliphatic carboxylic acids is 1. The van der Waals surface area contributed by atoms with Gasteiger partial charge in [0, 0.05) is 43.9 Å². The number of benzene rings is 1. The van der Waals surface area contributed by atoms with E-state index in [0.717, 1.165) is 18.4 Å². The van der Waals surface area contributed by atoms with Gasteiger partial charge in [-0.2, -0.15) is 4.31 Å². The predicted molar refractivity (Wildman–Crippen MR) is 131 cm³/mol. The molecular formula is C25H32FN3O5S. The summed E-state index contributed by atoms with van der Waals surface area (Å²) in [6.45, 7) is 3.78. The SMILES string of the molecule is CC(=O)N1CCN(c2ccc(CN3[C@@H](C)CCC(C4=CCCC=C4)S3(=O)=O)c(F)c2)[C@@H](C(=O)O)C1. The molecule has 4 rings (SSSR count). The van der Waals surface area contributed by atoms with Gasteiger partial charge in [-0.3, -0.25) is 4.79 Å². The molecule has 190 valence electrons. The molecule has 1 N–H and O–H groups in total. The zero-order valence-electron chi connectivity index (χ0n) is 20.1. The number of carboxylic acids is 1. The number of sulfonamides is 1. The third kappa shape index (κ3) is 5.13. The molecule has 2 heterocycles. The number of rotatable bonds is 5. The van der Waals surface area contributed by atoms with Crippen LogP contribution in [0.1, 0.15) is 45.1 Å². The summed E-state index contributed by atoms with van der Waals surface area (Å²) in [7, 11) is -3.67. The van der Waals surface area contributed by atoms with Crippen LogP contribution in [0.4, 0.5) is 10.1 Å². The quantitative estimate of drug-likeness (QED) is 0.661. The highest BCUT2D eigenvalue weighted by atomic mass is 32.2. The van der Waals surface area contributed by atoms with Crippen molar-refractivity contribution in [1.29, 1.82) is 0 Å². The summed E-state index contributed by atoms with van der Waals surface area (Å²) >= 11 is 0. The minimum absolute atomic E-state index is 0.0171. The zero-order chi connectivity index (χ0) is 25.3. The first-order valence-electron chi connectivity index (χ1n) is 12.0. The summed E-state index contributed by atoms with van der Waals surface area (Å²) in [4.78, 5) is 26.6. The molecule has 1 aliphatic carbocycles. The number of amides is 1. The van der Waals surface area contributed by atoms with Gasteiger partial charge in [0.1, 0.15) is 17.1 Å². The molecule has 35 heavy (non-hydrogen) atoms. The fraction of sp³-hybridized carbons (Fsp3) is 0.520. The van der Waals surface area contributed by atoms with Crippen molar-refractivity contribution in [2.24, 2.45) is 0 Å². The van der Waals surface area contributed by atoms with E-state index in [1.165, 1.54) is 28.3 Å². The number of carboxylic acid groups (broad SMARTS) is 1. The van der Waals surface area contributed by atoms with Crippen molar-refractivity contribution < 1.29 is 27.5 Å². The number of halogens is 1. The van der Waals surface area contributed by atoms with Crippen LogP contribution in [0.25, 0.3) is 0 Å². The molecule has 0 bridgehead atoms. The Kier molecular flexibility index (Phi) is 7.32. The smallest absolute Gasteiger partial charge is 0.328 e. The van der Waals surface area contributed by atoms with Crippen LogP contribution in [0.2, 0.25) is 0 Å². The second kappa shape index (κ2) is 10.1. The van der Waals surface area contributed by atoms with Crippen LogP contribution in [0.5, 0.6) is 0 Å². The fourth-order valence-electron chi connectivity index (χ4n) is 5.16. The van der Waals surface area contributed by atoms with Crippen molar-refractivity contribution in [3.63, 3.8) is 0 Å². The monoisotopic (exact) mass is 505 g/mol. The lowest BCUT2D eigenvalue weighted by Crippen LogP contribution is -2.57. The molecule has 0 aromatic heterocycles. The summed E-state index contributed by atoms with van der Waals surface area (Å²) in [5, 5.41) is 9.05. The largest absolute Gasteiger partial charge is 0.480 e. The number of carbonyl (C=O) groups is 2. The van der Waals surface area contributed by atoms with Gasteiger partial charge in [-0.25, -0.2) is 17.6 Å². The van der Waals surface area contributed by atoms with Gasteiger partial charge in [0.15, 0.2) is 0 Å². The first-order valence-corrected chi connectivity index (χ1v) is 13.5. The number of carbonyl (C=O) groups excluding carboxylic acids is 1. The molecule has 1 unspecified atom stereocenters. The van der Waals surface area contributed by atoms with Crippen molar-refractivity contribution in [3.8, 4) is 0 Å². The fourth-order valence-corrected chi connectivity index (χ4v) is 7.36. The van der Waals surface area contributed by atoms with Crippen molar-refractivity contribution in [1.82, 2.24) is 9.21 Å². The Morgan fingerprint density at radius 1 is 1.17 bits per heavy atom. The molecule has 2 saturated heterocycles. The molecule has 3 aliphatic rings. The van der Waals surface area contributed by atoms with E-state index in [4.69, 9.17) is 0 Å². The summed E-state index contributed by atoms with van der Waals surface area (Å²) in [5.41, 5.74) is 1.45. The first-order chi connectivity index (χ1) is 16.6. The van der Waals surface area contributed by atoms with E-state index in [-0.39, 0.29) is 37.1 Å². The van der Waals surface area contributed by atoms with Crippen LogP contribution in [0.3, 0.4) is 0 Å². The lowest BCUT2D eigenvalue weighted by atomic mass is 9.99. The van der Waals surface area contributed by atoms with Gasteiger partial charge in [-0.15, -0.1) is 0 Å². The lowest BCUT2D eigenvalue weighted by molar-refractivity contribution is -0.141. The van der Waals surface area contributed by atoms with Gasteiger partial charge in [-0.1, -0.05) is 24.3 Å². The Morgan fingerprint density at radius 2 is 1.94 bits per heavy atom. The van der Waals surface area contributed by atoms with Crippen LogP contribution in [0, 0.1) is 5.82 Å². The molecule has 1 aromatic carbocycles. The van der Waals surface area contributed by atoms with E-state index < -0.39 is 33.1 Å². The van der Waals surface area contributed by atoms with Gasteiger partial charge >= 0.3 is 5.97 Å². The van der Waals surface area contributed by atoms with Gasteiger partial charge in [0.25, 0.3) is 0 Å². The van der Waals surface area contributed by atoms with Crippen LogP contribution in [-0.2, 0) is 26.2 Å². The average Bonchev–Trinajstić information content (AvgIpc) is 2.82. The number of hydrogen-bond donors (Lipinski definition) is 1. The van der Waals surface area contributed by atoms with E-state index in [9.17, 15) is 23.1 Å². The molecule has 8 nitrogen and oxygen atoms in total. The van der Waals surface area contributed by atoms with E-state index in [1.54, 1.807) is 11.0 Å². The van der Waals surface area contributed by atoms with Crippen molar-refractivity contribution in [2.45, 2.75) is 63.4 Å².